The molecule has 1 atom stereocenters. The zero-order valence-corrected chi connectivity index (χ0v) is 13.4. The van der Waals surface area contributed by atoms with E-state index in [2.05, 4.69) is 4.99 Å². The number of aliphatic imine (C=N–C) groups is 1. The molecule has 124 valence electrons. The minimum atomic E-state index is -1.58. The Labute approximate surface area is 134 Å². The molecule has 1 aromatic carbocycles. The van der Waals surface area contributed by atoms with Gasteiger partial charge in [-0.3, -0.25) is 4.79 Å². The van der Waals surface area contributed by atoms with Crippen LogP contribution in [0.15, 0.2) is 35.3 Å². The Morgan fingerprint density at radius 1 is 1.17 bits per heavy atom. The number of likely N-dealkylation sites (N-methyl/N-ethyl adjacent to an activating group) is 1. The average Bonchev–Trinajstić information content (AvgIpc) is 2.87. The number of benzene rings is 1. The van der Waals surface area contributed by atoms with E-state index in [-0.39, 0.29) is 25.5 Å². The molecule has 0 amide bonds. The van der Waals surface area contributed by atoms with Crippen LogP contribution in [0.1, 0.15) is 25.8 Å². The Kier molecular flexibility index (Phi) is 5.33. The highest BCUT2D eigenvalue weighted by molar-refractivity contribution is 5.99. The average molecular weight is 320 g/mol. The van der Waals surface area contributed by atoms with Gasteiger partial charge in [-0.2, -0.15) is 0 Å². The molecular formula is C16H20N2O5. The maximum absolute atomic E-state index is 12.4. The predicted molar refractivity (Wildman–Crippen MR) is 82.4 cm³/mol. The van der Waals surface area contributed by atoms with E-state index in [0.717, 1.165) is 0 Å². The number of carbonyl (C=O) groups excluding carboxylic acids is 2. The van der Waals surface area contributed by atoms with Crippen molar-refractivity contribution in [2.75, 3.05) is 20.3 Å². The summed E-state index contributed by atoms with van der Waals surface area (Å²) in [6.45, 7) is 3.78. The molecule has 0 spiro atoms. The molecule has 0 aliphatic carbocycles. The summed E-state index contributed by atoms with van der Waals surface area (Å²) in [5.41, 5.74) is -0.873. The van der Waals surface area contributed by atoms with Crippen LogP contribution in [0.5, 0.6) is 0 Å². The smallest absolute Gasteiger partial charge is 0.353 e. The third-order valence-corrected chi connectivity index (χ3v) is 3.35. The van der Waals surface area contributed by atoms with Crippen LogP contribution in [-0.2, 0) is 23.9 Å². The first-order valence-corrected chi connectivity index (χ1v) is 7.43. The first-order chi connectivity index (χ1) is 11.0. The van der Waals surface area contributed by atoms with Crippen LogP contribution in [-0.4, -0.2) is 48.8 Å². The summed E-state index contributed by atoms with van der Waals surface area (Å²) in [5, 5.41) is 1.24. The van der Waals surface area contributed by atoms with E-state index < -0.39 is 17.6 Å². The minimum Gasteiger partial charge on any atom is -0.466 e. The minimum absolute atomic E-state index is 0.174. The lowest BCUT2D eigenvalue weighted by Gasteiger charge is -2.27. The molecule has 1 aliphatic rings. The number of nitrogens with zero attached hydrogens (tertiary/aromatic N) is 2. The van der Waals surface area contributed by atoms with Crippen molar-refractivity contribution in [3.63, 3.8) is 0 Å². The molecule has 0 fully saturated rings. The number of carbonyl (C=O) groups is 2. The van der Waals surface area contributed by atoms with E-state index >= 15 is 0 Å². The number of ether oxygens (including phenoxy) is 2. The Morgan fingerprint density at radius 3 is 2.43 bits per heavy atom. The number of rotatable bonds is 6. The van der Waals surface area contributed by atoms with Crippen molar-refractivity contribution in [2.24, 2.45) is 4.99 Å². The molecule has 7 nitrogen and oxygen atoms in total. The van der Waals surface area contributed by atoms with Crippen LogP contribution in [0.25, 0.3) is 0 Å². The van der Waals surface area contributed by atoms with Crippen molar-refractivity contribution in [3.05, 3.63) is 35.9 Å². The van der Waals surface area contributed by atoms with Gasteiger partial charge < -0.3 is 14.3 Å². The number of hydrogen-bond donors (Lipinski definition) is 0. The summed E-state index contributed by atoms with van der Waals surface area (Å²) in [6.07, 6.45) is -0.285. The molecule has 23 heavy (non-hydrogen) atoms. The molecular weight excluding hydrogens is 300 g/mol. The Balaban J connectivity index is 2.37. The largest absolute Gasteiger partial charge is 0.466 e. The molecule has 1 aromatic rings. The summed E-state index contributed by atoms with van der Waals surface area (Å²) < 4.78 is 10.0. The van der Waals surface area contributed by atoms with Gasteiger partial charge in [-0.05, 0) is 26.0 Å². The van der Waals surface area contributed by atoms with Crippen molar-refractivity contribution in [1.82, 2.24) is 5.06 Å². The van der Waals surface area contributed by atoms with Crippen molar-refractivity contribution in [1.29, 1.82) is 0 Å². The molecule has 0 N–H and O–H groups in total. The highest BCUT2D eigenvalue weighted by atomic mass is 16.7. The van der Waals surface area contributed by atoms with Gasteiger partial charge in [0.15, 0.2) is 0 Å². The van der Waals surface area contributed by atoms with Gasteiger partial charge in [0, 0.05) is 12.6 Å². The highest BCUT2D eigenvalue weighted by Gasteiger charge is 2.52. The fourth-order valence-corrected chi connectivity index (χ4v) is 2.22. The van der Waals surface area contributed by atoms with Gasteiger partial charge in [0.1, 0.15) is 0 Å². The lowest BCUT2D eigenvalue weighted by atomic mass is 10.1. The lowest BCUT2D eigenvalue weighted by molar-refractivity contribution is -0.182. The third kappa shape index (κ3) is 3.50. The lowest BCUT2D eigenvalue weighted by Crippen LogP contribution is -2.50. The Morgan fingerprint density at radius 2 is 1.83 bits per heavy atom. The second-order valence-corrected chi connectivity index (χ2v) is 4.89. The van der Waals surface area contributed by atoms with Crippen molar-refractivity contribution in [2.45, 2.75) is 25.9 Å². The number of hydrogen-bond acceptors (Lipinski definition) is 7. The van der Waals surface area contributed by atoms with E-state index in [4.69, 9.17) is 14.3 Å². The van der Waals surface area contributed by atoms with Crippen LogP contribution in [0.3, 0.4) is 0 Å². The van der Waals surface area contributed by atoms with Gasteiger partial charge in [-0.15, -0.1) is 5.06 Å². The number of hydroxylamine groups is 2. The van der Waals surface area contributed by atoms with E-state index in [0.29, 0.717) is 5.56 Å². The third-order valence-electron chi connectivity index (χ3n) is 3.35. The quantitative estimate of drug-likeness (QED) is 0.740. The zero-order valence-electron chi connectivity index (χ0n) is 13.4. The fraction of sp³-hybridized carbons (Fsp3) is 0.438. The van der Waals surface area contributed by atoms with Gasteiger partial charge in [0.05, 0.1) is 19.6 Å². The van der Waals surface area contributed by atoms with Crippen molar-refractivity contribution in [3.8, 4) is 0 Å². The topological polar surface area (TPSA) is 77.4 Å². The molecule has 0 saturated carbocycles. The molecule has 1 heterocycles. The van der Waals surface area contributed by atoms with Gasteiger partial charge in [-0.1, -0.05) is 18.2 Å². The molecule has 1 unspecified atom stereocenters. The van der Waals surface area contributed by atoms with Crippen LogP contribution in [0, 0.1) is 0 Å². The van der Waals surface area contributed by atoms with Gasteiger partial charge in [0.2, 0.25) is 5.90 Å². The first-order valence-electron chi connectivity index (χ1n) is 7.43. The molecule has 7 heteroatoms. The molecule has 0 aromatic heterocycles. The summed E-state index contributed by atoms with van der Waals surface area (Å²) >= 11 is 0. The fourth-order valence-electron chi connectivity index (χ4n) is 2.22. The zero-order chi connectivity index (χ0) is 16.9. The maximum atomic E-state index is 12.4. The van der Waals surface area contributed by atoms with E-state index in [1.165, 1.54) is 12.1 Å². The van der Waals surface area contributed by atoms with Crippen LogP contribution < -0.4 is 0 Å². The van der Waals surface area contributed by atoms with Crippen molar-refractivity contribution < 1.29 is 23.9 Å². The van der Waals surface area contributed by atoms with Crippen LogP contribution in [0.2, 0.25) is 0 Å². The van der Waals surface area contributed by atoms with E-state index in [1.807, 2.05) is 18.2 Å². The Hall–Kier alpha value is -2.41. The van der Waals surface area contributed by atoms with Gasteiger partial charge in [-0.25, -0.2) is 9.79 Å². The second-order valence-electron chi connectivity index (χ2n) is 4.89. The van der Waals surface area contributed by atoms with E-state index in [1.54, 1.807) is 26.0 Å². The molecule has 1 aliphatic heterocycles. The van der Waals surface area contributed by atoms with Gasteiger partial charge in [0.25, 0.3) is 5.66 Å². The van der Waals surface area contributed by atoms with Crippen LogP contribution >= 0.6 is 0 Å². The molecule has 0 bridgehead atoms. The number of esters is 2. The summed E-state index contributed by atoms with van der Waals surface area (Å²) in [5.74, 6) is -0.944. The van der Waals surface area contributed by atoms with Crippen LogP contribution in [0.4, 0.5) is 0 Å². The maximum Gasteiger partial charge on any atom is 0.353 e. The summed E-state index contributed by atoms with van der Waals surface area (Å²) in [7, 11) is 1.54. The summed E-state index contributed by atoms with van der Waals surface area (Å²) in [6, 6.07) is 9.13. The SMILES string of the molecule is CCOC(=O)CC1(C(=O)OCC)N=C(c2ccccc2)ON1C. The van der Waals surface area contributed by atoms with Gasteiger partial charge >= 0.3 is 11.9 Å². The van der Waals surface area contributed by atoms with Crippen molar-refractivity contribution >= 4 is 17.8 Å². The predicted octanol–water partition coefficient (Wildman–Crippen LogP) is 1.52. The normalized spacial score (nSPS) is 20.6. The van der Waals surface area contributed by atoms with E-state index in [9.17, 15) is 9.59 Å². The first kappa shape index (κ1) is 17.0. The standard InChI is InChI=1S/C16H20N2O5/c1-4-21-13(19)11-16(15(20)22-5-2)17-14(23-18(16)3)12-9-7-6-8-10-12/h6-10H,4-5,11H2,1-3H3. The second kappa shape index (κ2) is 7.23. The Bertz CT molecular complexity index is 602. The highest BCUT2D eigenvalue weighted by Crippen LogP contribution is 2.31. The monoisotopic (exact) mass is 320 g/mol. The molecule has 0 saturated heterocycles. The molecule has 0 radical (unpaired) electrons. The summed E-state index contributed by atoms with van der Waals surface area (Å²) in [4.78, 5) is 34.3. The molecule has 2 rings (SSSR count).